The molecule has 2 nitrogen and oxygen atoms in total. The Labute approximate surface area is 106 Å². The topological polar surface area (TPSA) is 35.2 Å². The van der Waals surface area contributed by atoms with Crippen LogP contribution in [0.2, 0.25) is 0 Å². The third-order valence-electron chi connectivity index (χ3n) is 5.17. The summed E-state index contributed by atoms with van der Waals surface area (Å²) in [5, 5.41) is 0. The van der Waals surface area contributed by atoms with Gasteiger partial charge < -0.3 is 10.5 Å². The van der Waals surface area contributed by atoms with Gasteiger partial charge in [-0.15, -0.1) is 0 Å². The van der Waals surface area contributed by atoms with E-state index in [0.29, 0.717) is 5.92 Å². The highest BCUT2D eigenvalue weighted by Crippen LogP contribution is 2.39. The lowest BCUT2D eigenvalue weighted by Gasteiger charge is -2.39. The van der Waals surface area contributed by atoms with Crippen molar-refractivity contribution >= 4 is 0 Å². The van der Waals surface area contributed by atoms with Crippen molar-refractivity contribution in [3.63, 3.8) is 0 Å². The van der Waals surface area contributed by atoms with Gasteiger partial charge in [0.2, 0.25) is 0 Å². The molecule has 2 N–H and O–H groups in total. The van der Waals surface area contributed by atoms with Gasteiger partial charge in [0.25, 0.3) is 0 Å². The summed E-state index contributed by atoms with van der Waals surface area (Å²) in [7, 11) is 0. The van der Waals surface area contributed by atoms with Crippen LogP contribution in [0.1, 0.15) is 58.8 Å². The molecule has 1 heterocycles. The van der Waals surface area contributed by atoms with Gasteiger partial charge in [0.15, 0.2) is 0 Å². The number of ether oxygens (including phenoxy) is 1. The molecule has 1 saturated carbocycles. The number of rotatable bonds is 2. The van der Waals surface area contributed by atoms with Crippen LogP contribution in [-0.2, 0) is 4.74 Å². The molecule has 100 valence electrons. The molecule has 2 atom stereocenters. The van der Waals surface area contributed by atoms with E-state index in [1.807, 2.05) is 0 Å². The maximum absolute atomic E-state index is 6.74. The first-order valence-corrected chi connectivity index (χ1v) is 7.48. The molecule has 2 fully saturated rings. The minimum atomic E-state index is 0.118. The molecule has 0 aromatic carbocycles. The first-order valence-electron chi connectivity index (χ1n) is 7.48. The standard InChI is InChI=1S/C15H29NO/c1-12(2)13-4-3-8-15(16,9-5-13)14-6-10-17-11-7-14/h12-14H,3-11,16H2,1-2H3. The van der Waals surface area contributed by atoms with Crippen molar-refractivity contribution in [2.75, 3.05) is 13.2 Å². The van der Waals surface area contributed by atoms with Gasteiger partial charge in [-0.2, -0.15) is 0 Å². The van der Waals surface area contributed by atoms with E-state index >= 15 is 0 Å². The number of nitrogens with two attached hydrogens (primary N) is 1. The van der Waals surface area contributed by atoms with Crippen LogP contribution in [-0.4, -0.2) is 18.8 Å². The summed E-state index contributed by atoms with van der Waals surface area (Å²) in [5.74, 6) is 2.44. The predicted molar refractivity (Wildman–Crippen MR) is 71.9 cm³/mol. The normalized spacial score (nSPS) is 37.1. The Morgan fingerprint density at radius 1 is 1.06 bits per heavy atom. The minimum Gasteiger partial charge on any atom is -0.381 e. The second kappa shape index (κ2) is 5.71. The SMILES string of the molecule is CC(C)C1CCCC(N)(C2CCOCC2)CC1. The summed E-state index contributed by atoms with van der Waals surface area (Å²) in [6.45, 7) is 6.58. The monoisotopic (exact) mass is 239 g/mol. The van der Waals surface area contributed by atoms with E-state index in [0.717, 1.165) is 25.0 Å². The molecule has 0 radical (unpaired) electrons. The van der Waals surface area contributed by atoms with Gasteiger partial charge in [0.05, 0.1) is 0 Å². The molecule has 2 rings (SSSR count). The van der Waals surface area contributed by atoms with Crippen molar-refractivity contribution < 1.29 is 4.74 Å². The summed E-state index contributed by atoms with van der Waals surface area (Å²) in [6, 6.07) is 0. The predicted octanol–water partition coefficient (Wildman–Crippen LogP) is 3.35. The van der Waals surface area contributed by atoms with E-state index in [9.17, 15) is 0 Å². The number of hydrogen-bond acceptors (Lipinski definition) is 2. The van der Waals surface area contributed by atoms with Gasteiger partial charge >= 0.3 is 0 Å². The van der Waals surface area contributed by atoms with Crippen LogP contribution >= 0.6 is 0 Å². The van der Waals surface area contributed by atoms with Crippen LogP contribution in [0.25, 0.3) is 0 Å². The maximum atomic E-state index is 6.74. The summed E-state index contributed by atoms with van der Waals surface area (Å²) in [6.07, 6.45) is 8.90. The first-order chi connectivity index (χ1) is 8.12. The van der Waals surface area contributed by atoms with E-state index in [2.05, 4.69) is 13.8 Å². The smallest absolute Gasteiger partial charge is 0.0469 e. The Hall–Kier alpha value is -0.0800. The van der Waals surface area contributed by atoms with Gasteiger partial charge in [-0.25, -0.2) is 0 Å². The van der Waals surface area contributed by atoms with Crippen LogP contribution in [0, 0.1) is 17.8 Å². The molecule has 0 amide bonds. The molecule has 1 aliphatic carbocycles. The molecular formula is C15H29NO. The van der Waals surface area contributed by atoms with Crippen LogP contribution < -0.4 is 5.73 Å². The highest BCUT2D eigenvalue weighted by Gasteiger charge is 2.37. The Balaban J connectivity index is 1.95. The fourth-order valence-electron chi connectivity index (χ4n) is 3.76. The van der Waals surface area contributed by atoms with Gasteiger partial charge in [-0.3, -0.25) is 0 Å². The zero-order chi connectivity index (χ0) is 12.3. The summed E-state index contributed by atoms with van der Waals surface area (Å²) in [5.41, 5.74) is 6.86. The molecule has 1 aliphatic heterocycles. The van der Waals surface area contributed by atoms with Crippen molar-refractivity contribution in [1.29, 1.82) is 0 Å². The molecule has 0 aromatic rings. The Kier molecular flexibility index (Phi) is 4.48. The van der Waals surface area contributed by atoms with Crippen LogP contribution in [0.3, 0.4) is 0 Å². The molecule has 2 heteroatoms. The Bertz CT molecular complexity index is 235. The average Bonchev–Trinajstić information content (AvgIpc) is 2.54. The van der Waals surface area contributed by atoms with E-state index in [1.54, 1.807) is 0 Å². The largest absolute Gasteiger partial charge is 0.381 e. The molecular weight excluding hydrogens is 210 g/mol. The molecule has 2 unspecified atom stereocenters. The lowest BCUT2D eigenvalue weighted by atomic mass is 9.74. The second-order valence-electron chi connectivity index (χ2n) is 6.55. The van der Waals surface area contributed by atoms with Gasteiger partial charge in [-0.1, -0.05) is 26.7 Å². The van der Waals surface area contributed by atoms with Crippen molar-refractivity contribution in [1.82, 2.24) is 0 Å². The average molecular weight is 239 g/mol. The number of hydrogen-bond donors (Lipinski definition) is 1. The van der Waals surface area contributed by atoms with Gasteiger partial charge in [0.1, 0.15) is 0 Å². The fourth-order valence-corrected chi connectivity index (χ4v) is 3.76. The van der Waals surface area contributed by atoms with E-state index in [4.69, 9.17) is 10.5 Å². The molecule has 0 spiro atoms. The highest BCUT2D eigenvalue weighted by molar-refractivity contribution is 4.94. The highest BCUT2D eigenvalue weighted by atomic mass is 16.5. The lowest BCUT2D eigenvalue weighted by molar-refractivity contribution is 0.0338. The van der Waals surface area contributed by atoms with E-state index in [-0.39, 0.29) is 5.54 Å². The zero-order valence-corrected chi connectivity index (χ0v) is 11.6. The maximum Gasteiger partial charge on any atom is 0.0469 e. The van der Waals surface area contributed by atoms with Gasteiger partial charge in [0, 0.05) is 18.8 Å². The quantitative estimate of drug-likeness (QED) is 0.750. The second-order valence-corrected chi connectivity index (χ2v) is 6.55. The Morgan fingerprint density at radius 2 is 1.76 bits per heavy atom. The van der Waals surface area contributed by atoms with E-state index in [1.165, 1.54) is 44.9 Å². The zero-order valence-electron chi connectivity index (χ0n) is 11.6. The fraction of sp³-hybridized carbons (Fsp3) is 1.00. The van der Waals surface area contributed by atoms with Crippen molar-refractivity contribution in [3.05, 3.63) is 0 Å². The molecule has 0 bridgehead atoms. The minimum absolute atomic E-state index is 0.118. The van der Waals surface area contributed by atoms with Crippen molar-refractivity contribution in [3.8, 4) is 0 Å². The summed E-state index contributed by atoms with van der Waals surface area (Å²) in [4.78, 5) is 0. The Morgan fingerprint density at radius 3 is 2.41 bits per heavy atom. The first kappa shape index (κ1) is 13.4. The molecule has 17 heavy (non-hydrogen) atoms. The molecule has 1 saturated heterocycles. The summed E-state index contributed by atoms with van der Waals surface area (Å²) >= 11 is 0. The summed E-state index contributed by atoms with van der Waals surface area (Å²) < 4.78 is 5.47. The van der Waals surface area contributed by atoms with Crippen LogP contribution in [0.4, 0.5) is 0 Å². The van der Waals surface area contributed by atoms with E-state index < -0.39 is 0 Å². The third-order valence-corrected chi connectivity index (χ3v) is 5.17. The van der Waals surface area contributed by atoms with Crippen LogP contribution in [0.15, 0.2) is 0 Å². The van der Waals surface area contributed by atoms with Gasteiger partial charge in [-0.05, 0) is 49.9 Å². The molecule has 0 aromatic heterocycles. The third kappa shape index (κ3) is 3.23. The van der Waals surface area contributed by atoms with Crippen molar-refractivity contribution in [2.45, 2.75) is 64.3 Å². The molecule has 2 aliphatic rings. The van der Waals surface area contributed by atoms with Crippen molar-refractivity contribution in [2.24, 2.45) is 23.5 Å². The van der Waals surface area contributed by atoms with Crippen LogP contribution in [0.5, 0.6) is 0 Å². The lowest BCUT2D eigenvalue weighted by Crippen LogP contribution is -2.48.